The summed E-state index contributed by atoms with van der Waals surface area (Å²) in [6, 6.07) is 6.05. The van der Waals surface area contributed by atoms with Crippen LogP contribution >= 0.6 is 0 Å². The monoisotopic (exact) mass is 283 g/mol. The van der Waals surface area contributed by atoms with Crippen molar-refractivity contribution in [3.05, 3.63) is 29.8 Å². The van der Waals surface area contributed by atoms with Crippen LogP contribution in [0.3, 0.4) is 0 Å². The lowest BCUT2D eigenvalue weighted by atomic mass is 9.78. The van der Waals surface area contributed by atoms with E-state index in [2.05, 4.69) is 0 Å². The molecule has 0 atom stereocenters. The molecule has 110 valence electrons. The van der Waals surface area contributed by atoms with Crippen molar-refractivity contribution >= 4 is 12.6 Å². The minimum Gasteiger partial charge on any atom is -0.399 e. The van der Waals surface area contributed by atoms with Gasteiger partial charge in [0.15, 0.2) is 0 Å². The normalized spacial score (nSPS) is 21.2. The first-order valence-corrected chi connectivity index (χ1v) is 6.63. The van der Waals surface area contributed by atoms with Crippen molar-refractivity contribution in [3.63, 3.8) is 0 Å². The van der Waals surface area contributed by atoms with Gasteiger partial charge in [0.1, 0.15) is 0 Å². The highest BCUT2D eigenvalue weighted by Gasteiger charge is 2.51. The third-order valence-electron chi connectivity index (χ3n) is 4.09. The molecule has 20 heavy (non-hydrogen) atoms. The quantitative estimate of drug-likeness (QED) is 0.863. The molecule has 0 aliphatic carbocycles. The fourth-order valence-corrected chi connectivity index (χ4v) is 2.01. The maximum atomic E-state index is 13.6. The zero-order valence-corrected chi connectivity index (χ0v) is 12.2. The van der Waals surface area contributed by atoms with E-state index in [0.29, 0.717) is 5.46 Å². The molecule has 1 aromatic rings. The second-order valence-corrected chi connectivity index (χ2v) is 6.12. The molecule has 0 radical (unpaired) electrons. The van der Waals surface area contributed by atoms with Crippen molar-refractivity contribution in [1.29, 1.82) is 0 Å². The van der Waals surface area contributed by atoms with Gasteiger partial charge in [-0.15, -0.1) is 0 Å². The van der Waals surface area contributed by atoms with Crippen LogP contribution in [0.15, 0.2) is 24.3 Å². The largest absolute Gasteiger partial charge is 0.494 e. The molecule has 3 nitrogen and oxygen atoms in total. The molecular formula is C14H20BF2NO2. The summed E-state index contributed by atoms with van der Waals surface area (Å²) >= 11 is 0. The van der Waals surface area contributed by atoms with Gasteiger partial charge in [-0.05, 0) is 33.2 Å². The fourth-order valence-electron chi connectivity index (χ4n) is 2.01. The smallest absolute Gasteiger partial charge is 0.399 e. The highest BCUT2D eigenvalue weighted by Crippen LogP contribution is 2.36. The number of alkyl halides is 2. The zero-order chi connectivity index (χ0) is 15.2. The second-order valence-electron chi connectivity index (χ2n) is 6.12. The Balaban J connectivity index is 2.30. The Hall–Kier alpha value is -0.975. The van der Waals surface area contributed by atoms with Crippen LogP contribution in [0.25, 0.3) is 0 Å². The Labute approximate surface area is 118 Å². The Kier molecular flexibility index (Phi) is 3.69. The number of halogens is 2. The van der Waals surface area contributed by atoms with Gasteiger partial charge >= 0.3 is 7.12 Å². The lowest BCUT2D eigenvalue weighted by Gasteiger charge is -2.32. The number of hydrogen-bond acceptors (Lipinski definition) is 3. The first-order valence-electron chi connectivity index (χ1n) is 6.63. The van der Waals surface area contributed by atoms with Gasteiger partial charge in [0, 0.05) is 5.56 Å². The van der Waals surface area contributed by atoms with E-state index < -0.39 is 30.8 Å². The first kappa shape index (κ1) is 15.4. The number of rotatable bonds is 3. The molecule has 2 N–H and O–H groups in total. The Morgan fingerprint density at radius 3 is 2.20 bits per heavy atom. The van der Waals surface area contributed by atoms with Crippen LogP contribution in [0.4, 0.5) is 8.78 Å². The van der Waals surface area contributed by atoms with E-state index in [1.165, 1.54) is 12.1 Å². The first-order chi connectivity index (χ1) is 9.09. The molecule has 0 aromatic heterocycles. The third kappa shape index (κ3) is 2.60. The van der Waals surface area contributed by atoms with Crippen LogP contribution in [0, 0.1) is 0 Å². The number of benzene rings is 1. The van der Waals surface area contributed by atoms with Crippen LogP contribution in [0.2, 0.25) is 0 Å². The summed E-state index contributed by atoms with van der Waals surface area (Å²) in [6.45, 7) is 6.97. The fraction of sp³-hybridized carbons (Fsp3) is 0.571. The van der Waals surface area contributed by atoms with Gasteiger partial charge in [0.05, 0.1) is 17.7 Å². The van der Waals surface area contributed by atoms with Crippen LogP contribution in [-0.4, -0.2) is 24.9 Å². The molecular weight excluding hydrogens is 263 g/mol. The maximum Gasteiger partial charge on any atom is 0.494 e. The molecule has 2 rings (SSSR count). The summed E-state index contributed by atoms with van der Waals surface area (Å²) in [6.07, 6.45) is 0. The van der Waals surface area contributed by atoms with E-state index in [0.717, 1.165) is 0 Å². The van der Waals surface area contributed by atoms with Crippen LogP contribution in [0.5, 0.6) is 0 Å². The molecule has 0 amide bonds. The van der Waals surface area contributed by atoms with Crippen molar-refractivity contribution < 1.29 is 18.1 Å². The highest BCUT2D eigenvalue weighted by atomic mass is 19.3. The van der Waals surface area contributed by atoms with E-state index in [1.54, 1.807) is 12.1 Å². The molecule has 0 bridgehead atoms. The predicted molar refractivity (Wildman–Crippen MR) is 75.1 cm³/mol. The van der Waals surface area contributed by atoms with Gasteiger partial charge in [-0.2, -0.15) is 8.78 Å². The van der Waals surface area contributed by atoms with E-state index in [1.807, 2.05) is 27.7 Å². The second kappa shape index (κ2) is 4.79. The summed E-state index contributed by atoms with van der Waals surface area (Å²) in [7, 11) is -0.645. The zero-order valence-electron chi connectivity index (χ0n) is 12.2. The van der Waals surface area contributed by atoms with Crippen molar-refractivity contribution in [2.75, 3.05) is 6.54 Å². The van der Waals surface area contributed by atoms with E-state index in [4.69, 9.17) is 15.0 Å². The topological polar surface area (TPSA) is 44.5 Å². The van der Waals surface area contributed by atoms with Crippen molar-refractivity contribution in [2.45, 2.75) is 44.8 Å². The highest BCUT2D eigenvalue weighted by molar-refractivity contribution is 6.62. The average Bonchev–Trinajstić information content (AvgIpc) is 2.59. The van der Waals surface area contributed by atoms with Gasteiger partial charge in [-0.25, -0.2) is 0 Å². The maximum absolute atomic E-state index is 13.6. The van der Waals surface area contributed by atoms with Gasteiger partial charge in [-0.3, -0.25) is 0 Å². The van der Waals surface area contributed by atoms with E-state index >= 15 is 0 Å². The molecule has 1 aromatic carbocycles. The summed E-state index contributed by atoms with van der Waals surface area (Å²) in [5, 5.41) is 0. The average molecular weight is 283 g/mol. The summed E-state index contributed by atoms with van der Waals surface area (Å²) in [4.78, 5) is 0. The molecule has 0 unspecified atom stereocenters. The lowest BCUT2D eigenvalue weighted by molar-refractivity contribution is 0.00578. The summed E-state index contributed by atoms with van der Waals surface area (Å²) < 4.78 is 39.0. The molecule has 1 aliphatic rings. The molecule has 0 spiro atoms. The standard InChI is InChI=1S/C14H20BF2NO2/c1-12(2)13(3,4)20-15(19-12)11-7-5-6-10(8-11)14(16,17)9-18/h5-8H,9,18H2,1-4H3. The van der Waals surface area contributed by atoms with Crippen molar-refractivity contribution in [2.24, 2.45) is 5.73 Å². The molecule has 0 saturated carbocycles. The Morgan fingerprint density at radius 2 is 1.70 bits per heavy atom. The van der Waals surface area contributed by atoms with Crippen LogP contribution < -0.4 is 11.2 Å². The lowest BCUT2D eigenvalue weighted by Crippen LogP contribution is -2.41. The van der Waals surface area contributed by atoms with Crippen molar-refractivity contribution in [1.82, 2.24) is 0 Å². The SMILES string of the molecule is CC1(C)OB(c2cccc(C(F)(F)CN)c2)OC1(C)C. The van der Waals surface area contributed by atoms with Crippen LogP contribution in [-0.2, 0) is 15.2 Å². The molecule has 1 fully saturated rings. The van der Waals surface area contributed by atoms with Crippen LogP contribution in [0.1, 0.15) is 33.3 Å². The Bertz CT molecular complexity index is 490. The van der Waals surface area contributed by atoms with E-state index in [9.17, 15) is 8.78 Å². The molecule has 1 heterocycles. The summed E-state index contributed by atoms with van der Waals surface area (Å²) in [5.74, 6) is -3.04. The molecule has 6 heteroatoms. The molecule has 1 aliphatic heterocycles. The minimum atomic E-state index is -3.04. The van der Waals surface area contributed by atoms with Crippen molar-refractivity contribution in [3.8, 4) is 0 Å². The third-order valence-corrected chi connectivity index (χ3v) is 4.09. The van der Waals surface area contributed by atoms with Gasteiger partial charge in [0.2, 0.25) is 0 Å². The summed E-state index contributed by atoms with van der Waals surface area (Å²) in [5.41, 5.74) is 4.58. The number of nitrogens with two attached hydrogens (primary N) is 1. The van der Waals surface area contributed by atoms with E-state index in [-0.39, 0.29) is 5.56 Å². The predicted octanol–water partition coefficient (Wildman–Crippen LogP) is 2.04. The Morgan fingerprint density at radius 1 is 1.15 bits per heavy atom. The van der Waals surface area contributed by atoms with Gasteiger partial charge in [0.25, 0.3) is 5.92 Å². The van der Waals surface area contributed by atoms with Gasteiger partial charge in [-0.1, -0.05) is 24.3 Å². The number of hydrogen-bond donors (Lipinski definition) is 1. The minimum absolute atomic E-state index is 0.118. The van der Waals surface area contributed by atoms with Gasteiger partial charge < -0.3 is 15.0 Å². The molecule has 1 saturated heterocycles.